The maximum absolute atomic E-state index is 12.3. The van der Waals surface area contributed by atoms with E-state index in [2.05, 4.69) is 4.72 Å². The van der Waals surface area contributed by atoms with Gasteiger partial charge in [-0.3, -0.25) is 4.79 Å². The Balaban J connectivity index is 1.45. The number of nitrogens with one attached hydrogen (secondary N) is 1. The first-order chi connectivity index (χ1) is 16.7. The van der Waals surface area contributed by atoms with Crippen molar-refractivity contribution >= 4 is 27.0 Å². The summed E-state index contributed by atoms with van der Waals surface area (Å²) in [5, 5.41) is 0.667. The number of aryl methyl sites for hydroxylation is 1. The van der Waals surface area contributed by atoms with E-state index in [1.54, 1.807) is 43.5 Å². The van der Waals surface area contributed by atoms with Crippen LogP contribution in [0.4, 0.5) is 0 Å². The molecule has 0 bridgehead atoms. The number of ether oxygens (including phenoxy) is 2. The molecule has 1 N–H and O–H groups in total. The standard InChI is InChI=1S/C26H23NO7S/c1-17-3-10-21(11-4-17)35(30,31)27-14-13-25(28)33-20-9-12-22-23(16-26(29)34-24(22)15-20)18-5-7-19(32-2)8-6-18/h3-12,15-16,27H,13-14H2,1-2H3. The molecule has 0 amide bonds. The molecule has 3 aromatic carbocycles. The quantitative estimate of drug-likeness (QED) is 0.224. The van der Waals surface area contributed by atoms with Crippen molar-refractivity contribution in [2.75, 3.05) is 13.7 Å². The van der Waals surface area contributed by atoms with Gasteiger partial charge in [-0.2, -0.15) is 0 Å². The van der Waals surface area contributed by atoms with Crippen LogP contribution >= 0.6 is 0 Å². The largest absolute Gasteiger partial charge is 0.497 e. The molecule has 180 valence electrons. The average Bonchev–Trinajstić information content (AvgIpc) is 2.83. The first kappa shape index (κ1) is 24.2. The molecule has 0 saturated heterocycles. The Morgan fingerprint density at radius 2 is 1.63 bits per heavy atom. The second-order valence-corrected chi connectivity index (χ2v) is 9.57. The van der Waals surface area contributed by atoms with Crippen LogP contribution in [0.3, 0.4) is 0 Å². The number of carbonyl (C=O) groups is 1. The summed E-state index contributed by atoms with van der Waals surface area (Å²) >= 11 is 0. The highest BCUT2D eigenvalue weighted by Gasteiger charge is 2.15. The molecule has 0 atom stereocenters. The second kappa shape index (κ2) is 10.1. The molecule has 4 aromatic rings. The molecule has 0 unspecified atom stereocenters. The zero-order valence-electron chi connectivity index (χ0n) is 19.1. The Hall–Kier alpha value is -3.95. The SMILES string of the molecule is COc1ccc(-c2cc(=O)oc3cc(OC(=O)CCNS(=O)(=O)c4ccc(C)cc4)ccc23)cc1. The Morgan fingerprint density at radius 3 is 2.31 bits per heavy atom. The second-order valence-electron chi connectivity index (χ2n) is 7.80. The van der Waals surface area contributed by atoms with Crippen LogP contribution in [0.2, 0.25) is 0 Å². The molecule has 0 aliphatic heterocycles. The van der Waals surface area contributed by atoms with Gasteiger partial charge < -0.3 is 13.9 Å². The fourth-order valence-corrected chi connectivity index (χ4v) is 4.52. The maximum Gasteiger partial charge on any atom is 0.336 e. The van der Waals surface area contributed by atoms with E-state index < -0.39 is 21.6 Å². The van der Waals surface area contributed by atoms with Gasteiger partial charge in [0.05, 0.1) is 18.4 Å². The van der Waals surface area contributed by atoms with Crippen molar-refractivity contribution in [3.63, 3.8) is 0 Å². The van der Waals surface area contributed by atoms with Crippen LogP contribution in [0.1, 0.15) is 12.0 Å². The number of hydrogen-bond acceptors (Lipinski definition) is 7. The summed E-state index contributed by atoms with van der Waals surface area (Å²) in [4.78, 5) is 24.5. The van der Waals surface area contributed by atoms with Crippen LogP contribution in [0.5, 0.6) is 11.5 Å². The molecule has 1 heterocycles. The molecule has 9 heteroatoms. The van der Waals surface area contributed by atoms with Crippen molar-refractivity contribution in [3.8, 4) is 22.6 Å². The van der Waals surface area contributed by atoms with Crippen LogP contribution < -0.4 is 19.8 Å². The summed E-state index contributed by atoms with van der Waals surface area (Å²) in [6.07, 6.45) is -0.182. The molecule has 8 nitrogen and oxygen atoms in total. The first-order valence-corrected chi connectivity index (χ1v) is 12.2. The predicted molar refractivity (Wildman–Crippen MR) is 131 cm³/mol. The number of carbonyl (C=O) groups excluding carboxylic acids is 1. The highest BCUT2D eigenvalue weighted by Crippen LogP contribution is 2.30. The van der Waals surface area contributed by atoms with Gasteiger partial charge in [-0.1, -0.05) is 29.8 Å². The molecule has 0 aliphatic carbocycles. The normalized spacial score (nSPS) is 11.4. The van der Waals surface area contributed by atoms with Gasteiger partial charge in [0.1, 0.15) is 17.1 Å². The zero-order valence-corrected chi connectivity index (χ0v) is 19.9. The van der Waals surface area contributed by atoms with Crippen molar-refractivity contribution in [2.45, 2.75) is 18.2 Å². The van der Waals surface area contributed by atoms with Gasteiger partial charge in [0.2, 0.25) is 10.0 Å². The van der Waals surface area contributed by atoms with Gasteiger partial charge >= 0.3 is 11.6 Å². The number of esters is 1. The lowest BCUT2D eigenvalue weighted by molar-refractivity contribution is -0.134. The van der Waals surface area contributed by atoms with Gasteiger partial charge in [-0.15, -0.1) is 0 Å². The van der Waals surface area contributed by atoms with Crippen molar-refractivity contribution < 1.29 is 27.1 Å². The van der Waals surface area contributed by atoms with Crippen molar-refractivity contribution in [1.82, 2.24) is 4.72 Å². The predicted octanol–water partition coefficient (Wildman–Crippen LogP) is 4.05. The van der Waals surface area contributed by atoms with E-state index in [1.807, 2.05) is 19.1 Å². The Labute approximate surface area is 202 Å². The molecular weight excluding hydrogens is 470 g/mol. The number of fused-ring (bicyclic) bond motifs is 1. The van der Waals surface area contributed by atoms with Gasteiger partial charge in [-0.25, -0.2) is 17.9 Å². The van der Waals surface area contributed by atoms with Crippen LogP contribution in [-0.4, -0.2) is 28.0 Å². The molecule has 35 heavy (non-hydrogen) atoms. The Kier molecular flexibility index (Phi) is 6.99. The molecular formula is C26H23NO7S. The Morgan fingerprint density at radius 1 is 0.943 bits per heavy atom. The fraction of sp³-hybridized carbons (Fsp3) is 0.154. The summed E-state index contributed by atoms with van der Waals surface area (Å²) in [6, 6.07) is 19.8. The maximum atomic E-state index is 12.3. The highest BCUT2D eigenvalue weighted by atomic mass is 32.2. The van der Waals surface area contributed by atoms with Crippen molar-refractivity contribution in [1.29, 1.82) is 0 Å². The number of sulfonamides is 1. The molecule has 1 aromatic heterocycles. The molecule has 0 saturated carbocycles. The fourth-order valence-electron chi connectivity index (χ4n) is 3.49. The third-order valence-electron chi connectivity index (χ3n) is 5.30. The van der Waals surface area contributed by atoms with Crippen LogP contribution in [0, 0.1) is 6.92 Å². The molecule has 0 aliphatic rings. The first-order valence-electron chi connectivity index (χ1n) is 10.7. The molecule has 0 spiro atoms. The molecule has 0 radical (unpaired) electrons. The van der Waals surface area contributed by atoms with Crippen LogP contribution in [0.15, 0.2) is 86.9 Å². The van der Waals surface area contributed by atoms with Crippen LogP contribution in [-0.2, 0) is 14.8 Å². The topological polar surface area (TPSA) is 112 Å². The summed E-state index contributed by atoms with van der Waals surface area (Å²) in [7, 11) is -2.16. The minimum Gasteiger partial charge on any atom is -0.497 e. The number of hydrogen-bond donors (Lipinski definition) is 1. The third kappa shape index (κ3) is 5.76. The van der Waals surface area contributed by atoms with E-state index in [0.717, 1.165) is 11.1 Å². The van der Waals surface area contributed by atoms with E-state index >= 15 is 0 Å². The summed E-state index contributed by atoms with van der Waals surface area (Å²) in [6.45, 7) is 1.73. The van der Waals surface area contributed by atoms with Crippen LogP contribution in [0.25, 0.3) is 22.1 Å². The Bertz CT molecular complexity index is 1520. The minimum atomic E-state index is -3.73. The lowest BCUT2D eigenvalue weighted by atomic mass is 10.0. The van der Waals surface area contributed by atoms with Gasteiger partial charge in [-0.05, 0) is 54.4 Å². The van der Waals surface area contributed by atoms with Gasteiger partial charge in [0.15, 0.2) is 0 Å². The molecule has 4 rings (SSSR count). The zero-order chi connectivity index (χ0) is 25.0. The highest BCUT2D eigenvalue weighted by molar-refractivity contribution is 7.89. The lowest BCUT2D eigenvalue weighted by Crippen LogP contribution is -2.27. The van der Waals surface area contributed by atoms with Crippen molar-refractivity contribution in [3.05, 3.63) is 88.8 Å². The number of methoxy groups -OCH3 is 1. The van der Waals surface area contributed by atoms with E-state index in [4.69, 9.17) is 13.9 Å². The van der Waals surface area contributed by atoms with E-state index in [0.29, 0.717) is 16.7 Å². The summed E-state index contributed by atoms with van der Waals surface area (Å²) in [5.41, 5.74) is 2.12. The average molecular weight is 494 g/mol. The van der Waals surface area contributed by atoms with Crippen molar-refractivity contribution in [2.24, 2.45) is 0 Å². The minimum absolute atomic E-state index is 0.119. The van der Waals surface area contributed by atoms with E-state index in [-0.39, 0.29) is 29.2 Å². The third-order valence-corrected chi connectivity index (χ3v) is 6.78. The van der Waals surface area contributed by atoms with Gasteiger partial charge in [0, 0.05) is 24.1 Å². The smallest absolute Gasteiger partial charge is 0.336 e. The molecule has 0 fully saturated rings. The van der Waals surface area contributed by atoms with E-state index in [1.165, 1.54) is 24.3 Å². The monoisotopic (exact) mass is 493 g/mol. The summed E-state index contributed by atoms with van der Waals surface area (Å²) in [5.74, 6) is 0.236. The number of benzene rings is 3. The van der Waals surface area contributed by atoms with E-state index in [9.17, 15) is 18.0 Å². The number of rotatable bonds is 8. The summed E-state index contributed by atoms with van der Waals surface area (Å²) < 4.78 is 42.9. The lowest BCUT2D eigenvalue weighted by Gasteiger charge is -2.09. The van der Waals surface area contributed by atoms with Gasteiger partial charge in [0.25, 0.3) is 0 Å².